The van der Waals surface area contributed by atoms with Crippen LogP contribution < -0.4 is 26.6 Å². The molecule has 406 valence electrons. The van der Waals surface area contributed by atoms with Gasteiger partial charge < -0.3 is 40.8 Å². The zero-order valence-electron chi connectivity index (χ0n) is 42.0. The Hall–Kier alpha value is -5.67. The van der Waals surface area contributed by atoms with Crippen LogP contribution in [0.3, 0.4) is 0 Å². The van der Waals surface area contributed by atoms with Crippen LogP contribution in [-0.2, 0) is 87.8 Å². The molecule has 2 atom stereocenters. The Kier molecular flexibility index (Phi) is 26.5. The molecule has 0 radical (unpaired) electrons. The van der Waals surface area contributed by atoms with Crippen molar-refractivity contribution in [2.24, 2.45) is 11.3 Å². The van der Waals surface area contributed by atoms with Crippen molar-refractivity contribution in [1.82, 2.24) is 26.2 Å². The van der Waals surface area contributed by atoms with Gasteiger partial charge in [0.05, 0.1) is 37.6 Å². The fourth-order valence-corrected chi connectivity index (χ4v) is 10.8. The Bertz CT molecular complexity index is 2250. The number of carbonyl (C=O) groups is 14. The summed E-state index contributed by atoms with van der Waals surface area (Å²) >= 11 is 1.08. The van der Waals surface area contributed by atoms with Crippen LogP contribution in [0.1, 0.15) is 78.2 Å². The number of thioether (sulfide) groups is 1. The smallest absolute Gasteiger partial charge is 0.250 e. The van der Waals surface area contributed by atoms with Gasteiger partial charge in [0, 0.05) is 89.6 Å². The molecule has 5 N–H and O–H groups in total. The molecule has 0 spiro atoms. The number of ketones is 7. The topological polar surface area (TPSA) is 330 Å². The van der Waals surface area contributed by atoms with Crippen molar-refractivity contribution in [3.8, 4) is 0 Å². The monoisotopic (exact) mass is 1090 g/mol. The van der Waals surface area contributed by atoms with Crippen LogP contribution in [0.2, 0.25) is 0 Å². The van der Waals surface area contributed by atoms with Crippen LogP contribution in [0.5, 0.6) is 0 Å². The van der Waals surface area contributed by atoms with E-state index in [0.717, 1.165) is 64.6 Å². The highest BCUT2D eigenvalue weighted by Gasteiger charge is 2.57. The van der Waals surface area contributed by atoms with Crippen LogP contribution in [-0.4, -0.2) is 175 Å². The summed E-state index contributed by atoms with van der Waals surface area (Å²) in [6.07, 6.45) is -0.295. The molecule has 1 unspecified atom stereocenters. The summed E-state index contributed by atoms with van der Waals surface area (Å²) in [4.78, 5) is 176. The minimum atomic E-state index is -2.37. The summed E-state index contributed by atoms with van der Waals surface area (Å²) in [5, 5.41) is 12.2. The molecule has 0 saturated carbocycles. The van der Waals surface area contributed by atoms with Crippen molar-refractivity contribution in [1.29, 1.82) is 0 Å². The molecular formula is C48H64N6O17S3. The number of nitrogens with zero attached hydrogens (tertiary/aromatic N) is 1. The Labute approximate surface area is 440 Å². The highest BCUT2D eigenvalue weighted by Crippen LogP contribution is 2.66. The van der Waals surface area contributed by atoms with Crippen molar-refractivity contribution in [3.05, 3.63) is 29.8 Å². The molecule has 1 aromatic rings. The maximum Gasteiger partial charge on any atom is 0.250 e. The van der Waals surface area contributed by atoms with E-state index in [2.05, 4.69) is 26.6 Å². The highest BCUT2D eigenvalue weighted by atomic mass is 33.2. The largest absolute Gasteiger partial charge is 0.379 e. The summed E-state index contributed by atoms with van der Waals surface area (Å²) in [5.41, 5.74) is -1.10. The van der Waals surface area contributed by atoms with Crippen LogP contribution in [0.25, 0.3) is 0 Å². The molecule has 26 heteroatoms. The van der Waals surface area contributed by atoms with E-state index in [9.17, 15) is 67.1 Å². The molecule has 2 fully saturated rings. The molecule has 1 aromatic carbocycles. The molecule has 2 aliphatic heterocycles. The summed E-state index contributed by atoms with van der Waals surface area (Å²) in [7, 11) is 3.78. The van der Waals surface area contributed by atoms with Crippen LogP contribution in [0.4, 0.5) is 5.69 Å². The quantitative estimate of drug-likeness (QED) is 0.0195. The average molecular weight is 1090 g/mol. The minimum Gasteiger partial charge on any atom is -0.379 e. The van der Waals surface area contributed by atoms with E-state index in [1.165, 1.54) is 14.0 Å². The lowest BCUT2D eigenvalue weighted by atomic mass is 9.72. The van der Waals surface area contributed by atoms with E-state index in [1.807, 2.05) is 0 Å². The summed E-state index contributed by atoms with van der Waals surface area (Å²) in [6, 6.07) is 6.73. The maximum atomic E-state index is 13.3. The van der Waals surface area contributed by atoms with Crippen LogP contribution >= 0.6 is 33.3 Å². The summed E-state index contributed by atoms with van der Waals surface area (Å²) in [6.45, 7) is 2.75. The predicted molar refractivity (Wildman–Crippen MR) is 271 cm³/mol. The Balaban J connectivity index is 1.46. The van der Waals surface area contributed by atoms with Gasteiger partial charge in [0.2, 0.25) is 46.8 Å². The number of benzene rings is 1. The second kappa shape index (κ2) is 31.3. The van der Waals surface area contributed by atoms with Crippen molar-refractivity contribution in [2.45, 2.75) is 88.4 Å². The average Bonchev–Trinajstić information content (AvgIpc) is 4.12. The number of imide groups is 1. The normalized spacial score (nSPS) is 15.1. The van der Waals surface area contributed by atoms with Gasteiger partial charge in [0.15, 0.2) is 38.8 Å². The molecule has 2 aliphatic rings. The van der Waals surface area contributed by atoms with Gasteiger partial charge in [0.25, 0.3) is 0 Å². The molecule has 3 rings (SSSR count). The number of rotatable bonds is 38. The lowest BCUT2D eigenvalue weighted by Gasteiger charge is -2.23. The third kappa shape index (κ3) is 19.6. The minimum absolute atomic E-state index is 0.0104. The zero-order valence-corrected chi connectivity index (χ0v) is 44.5. The number of nitrogens with one attached hydrogen (secondary N) is 5. The number of anilines is 1. The van der Waals surface area contributed by atoms with Crippen LogP contribution in [0, 0.1) is 11.3 Å². The number of Topliss-reactive ketones (excluding diaryl/α,β-unsaturated/α-hetero) is 7. The molecule has 7 amide bonds. The fourth-order valence-electron chi connectivity index (χ4n) is 7.45. The number of hydrogen-bond acceptors (Lipinski definition) is 20. The van der Waals surface area contributed by atoms with E-state index < -0.39 is 86.5 Å². The van der Waals surface area contributed by atoms with E-state index >= 15 is 0 Å². The molecule has 23 nitrogen and oxygen atoms in total. The molecule has 2 heterocycles. The number of hydrogen-bond donors (Lipinski definition) is 5. The van der Waals surface area contributed by atoms with Gasteiger partial charge in [0.1, 0.15) is 19.0 Å². The lowest BCUT2D eigenvalue weighted by molar-refractivity contribution is -0.154. The first-order chi connectivity index (χ1) is 35.1. The number of ether oxygens (including phenoxy) is 3. The lowest BCUT2D eigenvalue weighted by Crippen LogP contribution is -2.50. The SMILES string of the molecule is CNC(=O)CCNC(=O)CCc1ccc(NC(=O)COCC(=O)NC[C@@H](CC(=O)CCSC2CC(=O)N(CCC(=O)C3(C(C)=O)SS3)C2=O)C(=O)NCCOCCOCCC(=O)C(C(C)=O)(C(C)=O)C(C)=O)cc1. The third-order valence-corrected chi connectivity index (χ3v) is 15.9. The molecule has 0 bridgehead atoms. The van der Waals surface area contributed by atoms with E-state index in [-0.39, 0.29) is 132 Å². The van der Waals surface area contributed by atoms with Crippen LogP contribution in [0.15, 0.2) is 24.3 Å². The number of amides is 7. The number of likely N-dealkylation sites (tertiary alicyclic amines) is 1. The van der Waals surface area contributed by atoms with Crippen molar-refractivity contribution in [2.75, 3.05) is 83.9 Å². The zero-order chi connectivity index (χ0) is 55.0. The van der Waals surface area contributed by atoms with Crippen molar-refractivity contribution >= 4 is 121 Å². The maximum absolute atomic E-state index is 13.3. The molecule has 0 aromatic heterocycles. The van der Waals surface area contributed by atoms with Gasteiger partial charge in [-0.05, 0) is 51.8 Å². The molecule has 2 saturated heterocycles. The molecule has 0 aliphatic carbocycles. The van der Waals surface area contributed by atoms with Crippen molar-refractivity contribution < 1.29 is 81.3 Å². The van der Waals surface area contributed by atoms with Gasteiger partial charge in [-0.3, -0.25) is 72.0 Å². The Morgan fingerprint density at radius 3 is 1.96 bits per heavy atom. The van der Waals surface area contributed by atoms with E-state index in [1.54, 1.807) is 24.3 Å². The standard InChI is InChI=1S/C48H64N6O17S3/c1-29(55)47(30(2)56,31(3)57)38(60)14-19-69-21-22-70-20-17-51-45(67)34(24-36(59)15-23-72-37-25-44(66)54(46(37)68)18-13-39(61)48(32(4)58)73-74-48)26-52-42(64)27-71-28-43(65)53-35-9-6-33(7-10-35)8-11-41(63)50-16-12-40(62)49-5/h6-7,9-10,34,37H,8,11-28H2,1-5H3,(H,49,62)(H,50,63)(H,51,67)(H,52,64)(H,53,65)/t34-,37?/m1/s1. The van der Waals surface area contributed by atoms with E-state index in [0.29, 0.717) is 12.1 Å². The Morgan fingerprint density at radius 1 is 0.716 bits per heavy atom. The van der Waals surface area contributed by atoms with Gasteiger partial charge in [-0.25, -0.2) is 0 Å². The fraction of sp³-hybridized carbons (Fsp3) is 0.583. The second-order valence-electron chi connectivity index (χ2n) is 17.1. The first-order valence-electron chi connectivity index (χ1n) is 23.7. The van der Waals surface area contributed by atoms with Gasteiger partial charge in [-0.15, -0.1) is 11.8 Å². The third-order valence-electron chi connectivity index (χ3n) is 11.6. The second-order valence-corrected chi connectivity index (χ2v) is 21.2. The predicted octanol–water partition coefficient (Wildman–Crippen LogP) is 0.271. The van der Waals surface area contributed by atoms with Gasteiger partial charge >= 0.3 is 0 Å². The highest BCUT2D eigenvalue weighted by molar-refractivity contribution is 8.94. The van der Waals surface area contributed by atoms with Gasteiger partial charge in [-0.1, -0.05) is 33.7 Å². The van der Waals surface area contributed by atoms with E-state index in [4.69, 9.17) is 14.2 Å². The first-order valence-corrected chi connectivity index (χ1v) is 26.9. The summed E-state index contributed by atoms with van der Waals surface area (Å²) < 4.78 is 14.9. The first kappa shape index (κ1) is 62.6. The molecular weight excluding hydrogens is 1030 g/mol. The number of carbonyl (C=O) groups excluding carboxylic acids is 14. The Morgan fingerprint density at radius 2 is 1.35 bits per heavy atom. The van der Waals surface area contributed by atoms with Crippen molar-refractivity contribution in [3.63, 3.8) is 0 Å². The van der Waals surface area contributed by atoms with Gasteiger partial charge in [-0.2, -0.15) is 0 Å². The summed E-state index contributed by atoms with van der Waals surface area (Å²) in [5.74, 6) is -8.75. The molecule has 74 heavy (non-hydrogen) atoms. The number of aryl methyl sites for hydroxylation is 1.